The Hall–Kier alpha value is -1.63. The number of esters is 1. The minimum absolute atomic E-state index is 0.0757. The molecule has 0 radical (unpaired) electrons. The van der Waals surface area contributed by atoms with E-state index < -0.39 is 22.9 Å². The number of benzene rings is 1. The summed E-state index contributed by atoms with van der Waals surface area (Å²) in [7, 11) is 0. The topological polar surface area (TPSA) is 55.4 Å². The van der Waals surface area contributed by atoms with Crippen LogP contribution in [0.4, 0.5) is 14.5 Å². The lowest BCUT2D eigenvalue weighted by atomic mass is 10.2. The standard InChI is InChI=1S/C16H21F2NO3S/c1-5-15(20)19-13-7-14(12(18)6-11(13)17)23-10(4)16(21)22-8-9(2)3/h6-7,9-10H,5,8H2,1-4H3,(H,19,20). The lowest BCUT2D eigenvalue weighted by molar-refractivity contribution is -0.143. The van der Waals surface area contributed by atoms with Gasteiger partial charge in [-0.3, -0.25) is 9.59 Å². The van der Waals surface area contributed by atoms with Gasteiger partial charge >= 0.3 is 5.97 Å². The van der Waals surface area contributed by atoms with Crippen molar-refractivity contribution in [3.63, 3.8) is 0 Å². The SMILES string of the molecule is CCC(=O)Nc1cc(SC(C)C(=O)OCC(C)C)c(F)cc1F. The van der Waals surface area contributed by atoms with Gasteiger partial charge in [0.2, 0.25) is 5.91 Å². The second-order valence-corrected chi connectivity index (χ2v) is 6.83. The molecule has 0 saturated heterocycles. The van der Waals surface area contributed by atoms with Crippen molar-refractivity contribution >= 4 is 29.3 Å². The summed E-state index contributed by atoms with van der Waals surface area (Å²) in [4.78, 5) is 23.3. The Labute approximate surface area is 139 Å². The molecule has 23 heavy (non-hydrogen) atoms. The summed E-state index contributed by atoms with van der Waals surface area (Å²) in [6.45, 7) is 7.31. The Morgan fingerprint density at radius 2 is 1.87 bits per heavy atom. The van der Waals surface area contributed by atoms with E-state index in [9.17, 15) is 18.4 Å². The maximum absolute atomic E-state index is 13.9. The molecule has 0 heterocycles. The van der Waals surface area contributed by atoms with Crippen LogP contribution in [0.25, 0.3) is 0 Å². The molecule has 0 fully saturated rings. The van der Waals surface area contributed by atoms with E-state index in [1.807, 2.05) is 13.8 Å². The first-order valence-corrected chi connectivity index (χ1v) is 8.24. The molecule has 1 amide bonds. The number of amides is 1. The number of hydrogen-bond donors (Lipinski definition) is 1. The largest absolute Gasteiger partial charge is 0.465 e. The molecule has 1 N–H and O–H groups in total. The van der Waals surface area contributed by atoms with E-state index in [4.69, 9.17) is 4.74 Å². The number of carbonyl (C=O) groups is 2. The summed E-state index contributed by atoms with van der Waals surface area (Å²) >= 11 is 0.920. The molecule has 0 aromatic heterocycles. The Bertz CT molecular complexity index is 579. The molecule has 1 aromatic carbocycles. The van der Waals surface area contributed by atoms with Gasteiger partial charge in [0, 0.05) is 17.4 Å². The molecule has 0 spiro atoms. The van der Waals surface area contributed by atoms with Gasteiger partial charge in [-0.1, -0.05) is 20.8 Å². The zero-order chi connectivity index (χ0) is 17.6. The second kappa shape index (κ2) is 8.86. The van der Waals surface area contributed by atoms with Crippen molar-refractivity contribution < 1.29 is 23.1 Å². The number of hydrogen-bond acceptors (Lipinski definition) is 4. The highest BCUT2D eigenvalue weighted by atomic mass is 32.2. The van der Waals surface area contributed by atoms with E-state index in [-0.39, 0.29) is 35.4 Å². The van der Waals surface area contributed by atoms with E-state index in [0.717, 1.165) is 11.8 Å². The summed E-state index contributed by atoms with van der Waals surface area (Å²) in [6, 6.07) is 1.88. The lowest BCUT2D eigenvalue weighted by Gasteiger charge is -2.14. The van der Waals surface area contributed by atoms with Crippen molar-refractivity contribution in [2.45, 2.75) is 44.3 Å². The van der Waals surface area contributed by atoms with Gasteiger partial charge in [0.25, 0.3) is 0 Å². The molecular formula is C16H21F2NO3S. The number of carbonyl (C=O) groups excluding carboxylic acids is 2. The molecule has 1 unspecified atom stereocenters. The highest BCUT2D eigenvalue weighted by molar-refractivity contribution is 8.00. The lowest BCUT2D eigenvalue weighted by Crippen LogP contribution is -2.19. The van der Waals surface area contributed by atoms with Crippen LogP contribution in [-0.2, 0) is 14.3 Å². The Morgan fingerprint density at radius 3 is 2.43 bits per heavy atom. The molecule has 0 aliphatic heterocycles. The third-order valence-electron chi connectivity index (χ3n) is 2.81. The highest BCUT2D eigenvalue weighted by Crippen LogP contribution is 2.31. The van der Waals surface area contributed by atoms with Crippen LogP contribution in [0.5, 0.6) is 0 Å². The number of anilines is 1. The molecule has 7 heteroatoms. The fourth-order valence-electron chi connectivity index (χ4n) is 1.56. The van der Waals surface area contributed by atoms with Gasteiger partial charge in [0.1, 0.15) is 16.9 Å². The van der Waals surface area contributed by atoms with Gasteiger partial charge in [0.05, 0.1) is 12.3 Å². The van der Waals surface area contributed by atoms with Crippen LogP contribution in [0.1, 0.15) is 34.1 Å². The van der Waals surface area contributed by atoms with Crippen molar-refractivity contribution in [3.05, 3.63) is 23.8 Å². The van der Waals surface area contributed by atoms with E-state index in [1.165, 1.54) is 6.07 Å². The monoisotopic (exact) mass is 345 g/mol. The van der Waals surface area contributed by atoms with Crippen LogP contribution >= 0.6 is 11.8 Å². The number of thioether (sulfide) groups is 1. The van der Waals surface area contributed by atoms with Gasteiger partial charge in [-0.2, -0.15) is 0 Å². The summed E-state index contributed by atoms with van der Waals surface area (Å²) in [6.07, 6.45) is 0.178. The molecule has 1 aromatic rings. The van der Waals surface area contributed by atoms with Crippen LogP contribution in [0.3, 0.4) is 0 Å². The number of ether oxygens (including phenoxy) is 1. The molecule has 0 bridgehead atoms. The summed E-state index contributed by atoms with van der Waals surface area (Å²) in [5.41, 5.74) is -0.108. The number of rotatable bonds is 7. The Kier molecular flexibility index (Phi) is 7.48. The van der Waals surface area contributed by atoms with Crippen LogP contribution in [0, 0.1) is 17.6 Å². The van der Waals surface area contributed by atoms with Gasteiger partial charge < -0.3 is 10.1 Å². The van der Waals surface area contributed by atoms with Crippen LogP contribution in [-0.4, -0.2) is 23.7 Å². The maximum Gasteiger partial charge on any atom is 0.319 e. The Balaban J connectivity index is 2.84. The second-order valence-electron chi connectivity index (χ2n) is 5.45. The number of halogens is 2. The van der Waals surface area contributed by atoms with Gasteiger partial charge in [-0.15, -0.1) is 11.8 Å². The van der Waals surface area contributed by atoms with E-state index in [1.54, 1.807) is 13.8 Å². The van der Waals surface area contributed by atoms with Crippen molar-refractivity contribution in [1.29, 1.82) is 0 Å². The summed E-state index contributed by atoms with van der Waals surface area (Å²) in [5, 5.41) is 1.71. The zero-order valence-corrected chi connectivity index (χ0v) is 14.4. The quantitative estimate of drug-likeness (QED) is 0.600. The van der Waals surface area contributed by atoms with Crippen molar-refractivity contribution in [2.75, 3.05) is 11.9 Å². The molecule has 1 rings (SSSR count). The van der Waals surface area contributed by atoms with Crippen molar-refractivity contribution in [3.8, 4) is 0 Å². The van der Waals surface area contributed by atoms with Crippen LogP contribution in [0.2, 0.25) is 0 Å². The molecule has 4 nitrogen and oxygen atoms in total. The predicted molar refractivity (Wildman–Crippen MR) is 86.4 cm³/mol. The van der Waals surface area contributed by atoms with Crippen LogP contribution in [0.15, 0.2) is 17.0 Å². The van der Waals surface area contributed by atoms with E-state index in [2.05, 4.69) is 5.32 Å². The third-order valence-corrected chi connectivity index (χ3v) is 3.92. The van der Waals surface area contributed by atoms with Gasteiger partial charge in [-0.25, -0.2) is 8.78 Å². The Morgan fingerprint density at radius 1 is 1.22 bits per heavy atom. The smallest absolute Gasteiger partial charge is 0.319 e. The predicted octanol–water partition coefficient (Wildman–Crippen LogP) is 3.99. The first kappa shape index (κ1) is 19.4. The summed E-state index contributed by atoms with van der Waals surface area (Å²) in [5.74, 6) is -2.29. The van der Waals surface area contributed by atoms with Crippen molar-refractivity contribution in [1.82, 2.24) is 0 Å². The fourth-order valence-corrected chi connectivity index (χ4v) is 2.46. The molecule has 128 valence electrons. The van der Waals surface area contributed by atoms with Gasteiger partial charge in [-0.05, 0) is 18.9 Å². The summed E-state index contributed by atoms with van der Waals surface area (Å²) < 4.78 is 32.6. The molecule has 0 saturated carbocycles. The molecule has 0 aliphatic carbocycles. The normalized spacial score (nSPS) is 12.1. The molecular weight excluding hydrogens is 324 g/mol. The first-order chi connectivity index (χ1) is 10.7. The first-order valence-electron chi connectivity index (χ1n) is 7.36. The molecule has 0 aliphatic rings. The van der Waals surface area contributed by atoms with Crippen molar-refractivity contribution in [2.24, 2.45) is 5.92 Å². The average molecular weight is 345 g/mol. The van der Waals surface area contributed by atoms with Gasteiger partial charge in [0.15, 0.2) is 0 Å². The van der Waals surface area contributed by atoms with Crippen LogP contribution < -0.4 is 5.32 Å². The van der Waals surface area contributed by atoms with E-state index in [0.29, 0.717) is 6.07 Å². The molecule has 1 atom stereocenters. The fraction of sp³-hybridized carbons (Fsp3) is 0.500. The van der Waals surface area contributed by atoms with E-state index >= 15 is 0 Å². The average Bonchev–Trinajstić information content (AvgIpc) is 2.49. The third kappa shape index (κ3) is 6.17. The highest BCUT2D eigenvalue weighted by Gasteiger charge is 2.20. The zero-order valence-electron chi connectivity index (χ0n) is 13.6. The minimum Gasteiger partial charge on any atom is -0.465 e. The minimum atomic E-state index is -0.858. The number of nitrogens with one attached hydrogen (secondary N) is 1. The maximum atomic E-state index is 13.9.